The molecule has 0 bridgehead atoms. The average molecular weight is 475 g/mol. The zero-order valence-corrected chi connectivity index (χ0v) is 20.4. The second-order valence-electron chi connectivity index (χ2n) is 9.01. The maximum absolute atomic E-state index is 12.4. The summed E-state index contributed by atoms with van der Waals surface area (Å²) in [6.45, 7) is 4.32. The molecule has 8 heteroatoms. The number of para-hydroxylation sites is 1. The number of thiophene rings is 1. The Kier molecular flexibility index (Phi) is 6.58. The highest BCUT2D eigenvalue weighted by molar-refractivity contribution is 7.12. The van der Waals surface area contributed by atoms with Crippen LogP contribution in [0.1, 0.15) is 67.4 Å². The highest BCUT2D eigenvalue weighted by Crippen LogP contribution is 2.29. The summed E-state index contributed by atoms with van der Waals surface area (Å²) in [5.41, 5.74) is 1.81. The predicted octanol–water partition coefficient (Wildman–Crippen LogP) is 5.54. The summed E-state index contributed by atoms with van der Waals surface area (Å²) < 4.78 is 1.89. The zero-order chi connectivity index (χ0) is 23.5. The van der Waals surface area contributed by atoms with E-state index < -0.39 is 0 Å². The summed E-state index contributed by atoms with van der Waals surface area (Å²) in [4.78, 5) is 23.0. The van der Waals surface area contributed by atoms with Crippen molar-refractivity contribution in [1.82, 2.24) is 25.1 Å². The molecule has 1 aromatic carbocycles. The molecule has 1 amide bonds. The minimum absolute atomic E-state index is 0.0374. The standard InChI is InChI=1S/C26H30N6OS/c1-3-17(2)23-30-24(21-16-27-32(25(21)31-23)20-8-5-4-6-9-20)28-18-11-13-19(14-12-18)29-26(33)22-10-7-15-34-22/h4-10,15-19H,3,11-14H2,1-2H3,(H,29,33)(H,28,30,31)/t17-,18?,19?/m1/s1. The number of hydrogen-bond acceptors (Lipinski definition) is 6. The lowest BCUT2D eigenvalue weighted by Gasteiger charge is -2.30. The number of amides is 1. The maximum Gasteiger partial charge on any atom is 0.261 e. The maximum atomic E-state index is 12.4. The molecule has 1 saturated carbocycles. The van der Waals surface area contributed by atoms with E-state index in [1.165, 1.54) is 11.3 Å². The van der Waals surface area contributed by atoms with Crippen molar-refractivity contribution in [2.24, 2.45) is 0 Å². The zero-order valence-electron chi connectivity index (χ0n) is 19.6. The molecular weight excluding hydrogens is 444 g/mol. The van der Waals surface area contributed by atoms with Crippen LogP contribution in [0.25, 0.3) is 16.7 Å². The number of aromatic nitrogens is 4. The minimum Gasteiger partial charge on any atom is -0.367 e. The molecule has 1 atom stereocenters. The van der Waals surface area contributed by atoms with Crippen LogP contribution in [0, 0.1) is 0 Å². The van der Waals surface area contributed by atoms with Crippen molar-refractivity contribution in [2.45, 2.75) is 64.0 Å². The molecule has 1 fully saturated rings. The molecule has 3 heterocycles. The fourth-order valence-electron chi connectivity index (χ4n) is 4.44. The van der Waals surface area contributed by atoms with Gasteiger partial charge in [-0.15, -0.1) is 11.3 Å². The van der Waals surface area contributed by atoms with Crippen LogP contribution in [0.3, 0.4) is 0 Å². The normalized spacial score (nSPS) is 19.1. The first kappa shape index (κ1) is 22.5. The van der Waals surface area contributed by atoms with Crippen molar-refractivity contribution in [3.05, 3.63) is 64.7 Å². The van der Waals surface area contributed by atoms with E-state index in [-0.39, 0.29) is 17.9 Å². The van der Waals surface area contributed by atoms with Crippen LogP contribution in [-0.2, 0) is 0 Å². The smallest absolute Gasteiger partial charge is 0.261 e. The molecule has 0 aliphatic heterocycles. The van der Waals surface area contributed by atoms with Crippen molar-refractivity contribution < 1.29 is 4.79 Å². The molecule has 1 aliphatic rings. The fraction of sp³-hybridized carbons (Fsp3) is 0.385. The SMILES string of the molecule is CC[C@@H](C)c1nc(NC2CCC(NC(=O)c3cccs3)CC2)c2cnn(-c3ccccc3)c2n1. The van der Waals surface area contributed by atoms with Gasteiger partial charge in [-0.2, -0.15) is 5.10 Å². The number of benzene rings is 1. The van der Waals surface area contributed by atoms with E-state index in [0.29, 0.717) is 6.04 Å². The summed E-state index contributed by atoms with van der Waals surface area (Å²) in [7, 11) is 0. The Morgan fingerprint density at radius 1 is 1.09 bits per heavy atom. The fourth-order valence-corrected chi connectivity index (χ4v) is 5.06. The minimum atomic E-state index is 0.0374. The molecule has 4 aromatic rings. The number of hydrogen-bond donors (Lipinski definition) is 2. The quantitative estimate of drug-likeness (QED) is 0.367. The van der Waals surface area contributed by atoms with Gasteiger partial charge in [0.25, 0.3) is 5.91 Å². The van der Waals surface area contributed by atoms with Crippen LogP contribution in [0.15, 0.2) is 54.0 Å². The van der Waals surface area contributed by atoms with Crippen LogP contribution < -0.4 is 10.6 Å². The third-order valence-electron chi connectivity index (χ3n) is 6.65. The Bertz CT molecular complexity index is 1250. The van der Waals surface area contributed by atoms with Gasteiger partial charge in [-0.05, 0) is 55.7 Å². The van der Waals surface area contributed by atoms with Gasteiger partial charge >= 0.3 is 0 Å². The highest BCUT2D eigenvalue weighted by Gasteiger charge is 2.25. The van der Waals surface area contributed by atoms with E-state index in [4.69, 9.17) is 9.97 Å². The van der Waals surface area contributed by atoms with Gasteiger partial charge in [0.05, 0.1) is 22.1 Å². The van der Waals surface area contributed by atoms with E-state index in [9.17, 15) is 4.79 Å². The topological polar surface area (TPSA) is 84.7 Å². The molecule has 176 valence electrons. The first-order valence-corrected chi connectivity index (χ1v) is 12.9. The first-order chi connectivity index (χ1) is 16.6. The largest absolute Gasteiger partial charge is 0.367 e. The summed E-state index contributed by atoms with van der Waals surface area (Å²) >= 11 is 1.48. The van der Waals surface area contributed by atoms with Gasteiger partial charge in [-0.25, -0.2) is 14.6 Å². The van der Waals surface area contributed by atoms with Gasteiger partial charge in [0.1, 0.15) is 11.6 Å². The van der Waals surface area contributed by atoms with E-state index in [1.54, 1.807) is 0 Å². The lowest BCUT2D eigenvalue weighted by molar-refractivity contribution is 0.0930. The van der Waals surface area contributed by atoms with Gasteiger partial charge in [0.15, 0.2) is 5.65 Å². The molecule has 3 aromatic heterocycles. The van der Waals surface area contributed by atoms with Gasteiger partial charge < -0.3 is 10.6 Å². The Morgan fingerprint density at radius 3 is 2.56 bits per heavy atom. The molecular formula is C26H30N6OS. The lowest BCUT2D eigenvalue weighted by Crippen LogP contribution is -2.40. The van der Waals surface area contributed by atoms with Gasteiger partial charge in [-0.1, -0.05) is 38.1 Å². The van der Waals surface area contributed by atoms with Gasteiger partial charge in [0.2, 0.25) is 0 Å². The van der Waals surface area contributed by atoms with Crippen LogP contribution in [0.2, 0.25) is 0 Å². The molecule has 34 heavy (non-hydrogen) atoms. The molecule has 1 aliphatic carbocycles. The number of nitrogens with one attached hydrogen (secondary N) is 2. The van der Waals surface area contributed by atoms with Crippen LogP contribution in [0.5, 0.6) is 0 Å². The molecule has 7 nitrogen and oxygen atoms in total. The monoisotopic (exact) mass is 474 g/mol. The number of carbonyl (C=O) groups excluding carboxylic acids is 1. The third kappa shape index (κ3) is 4.68. The summed E-state index contributed by atoms with van der Waals surface area (Å²) in [5.74, 6) is 1.99. The van der Waals surface area contributed by atoms with E-state index >= 15 is 0 Å². The Labute approximate surface area is 203 Å². The molecule has 0 spiro atoms. The second-order valence-corrected chi connectivity index (χ2v) is 9.96. The van der Waals surface area contributed by atoms with E-state index in [2.05, 4.69) is 29.6 Å². The van der Waals surface area contributed by atoms with Crippen molar-refractivity contribution in [1.29, 1.82) is 0 Å². The Balaban J connectivity index is 1.34. The summed E-state index contributed by atoms with van der Waals surface area (Å²) in [6.07, 6.45) is 6.69. The van der Waals surface area contributed by atoms with Gasteiger partial charge in [0, 0.05) is 18.0 Å². The van der Waals surface area contributed by atoms with Crippen LogP contribution in [0.4, 0.5) is 5.82 Å². The van der Waals surface area contributed by atoms with E-state index in [1.807, 2.05) is 58.7 Å². The van der Waals surface area contributed by atoms with Crippen LogP contribution >= 0.6 is 11.3 Å². The summed E-state index contributed by atoms with van der Waals surface area (Å²) in [6, 6.07) is 14.4. The van der Waals surface area contributed by atoms with Crippen molar-refractivity contribution >= 4 is 34.1 Å². The van der Waals surface area contributed by atoms with Crippen molar-refractivity contribution in [3.8, 4) is 5.69 Å². The Hall–Kier alpha value is -3.26. The number of fused-ring (bicyclic) bond motifs is 1. The molecule has 0 unspecified atom stereocenters. The number of anilines is 1. The third-order valence-corrected chi connectivity index (χ3v) is 7.52. The Morgan fingerprint density at radius 2 is 1.85 bits per heavy atom. The molecule has 5 rings (SSSR count). The van der Waals surface area contributed by atoms with Crippen molar-refractivity contribution in [3.63, 3.8) is 0 Å². The number of nitrogens with zero attached hydrogens (tertiary/aromatic N) is 4. The molecule has 0 saturated heterocycles. The predicted molar refractivity (Wildman–Crippen MR) is 137 cm³/mol. The van der Waals surface area contributed by atoms with Crippen molar-refractivity contribution in [2.75, 3.05) is 5.32 Å². The highest BCUT2D eigenvalue weighted by atomic mass is 32.1. The second kappa shape index (κ2) is 9.93. The number of carbonyl (C=O) groups is 1. The van der Waals surface area contributed by atoms with Crippen LogP contribution in [-0.4, -0.2) is 37.7 Å². The molecule has 0 radical (unpaired) electrons. The van der Waals surface area contributed by atoms with E-state index in [0.717, 1.165) is 65.3 Å². The summed E-state index contributed by atoms with van der Waals surface area (Å²) in [5, 5.41) is 14.4. The first-order valence-electron chi connectivity index (χ1n) is 12.0. The molecule has 2 N–H and O–H groups in total. The lowest BCUT2D eigenvalue weighted by atomic mass is 9.91. The van der Waals surface area contributed by atoms with Gasteiger partial charge in [-0.3, -0.25) is 4.79 Å². The number of rotatable bonds is 7. The average Bonchev–Trinajstić information content (AvgIpc) is 3.56.